The Morgan fingerprint density at radius 1 is 1.11 bits per heavy atom. The highest BCUT2D eigenvalue weighted by atomic mass is 16.2. The first-order valence-corrected chi connectivity index (χ1v) is 9.57. The lowest BCUT2D eigenvalue weighted by Crippen LogP contribution is -2.35. The van der Waals surface area contributed by atoms with E-state index in [4.69, 9.17) is 0 Å². The fraction of sp³-hybridized carbons (Fsp3) is 0.476. The van der Waals surface area contributed by atoms with Gasteiger partial charge in [0.25, 0.3) is 11.8 Å². The van der Waals surface area contributed by atoms with Crippen LogP contribution in [0.3, 0.4) is 0 Å². The summed E-state index contributed by atoms with van der Waals surface area (Å²) in [5, 5.41) is 9.89. The van der Waals surface area contributed by atoms with Gasteiger partial charge in [0.2, 0.25) is 0 Å². The number of hydrogen-bond donors (Lipinski definition) is 2. The van der Waals surface area contributed by atoms with E-state index < -0.39 is 0 Å². The topological polar surface area (TPSA) is 78.1 Å². The third kappa shape index (κ3) is 4.76. The molecule has 2 amide bonds. The quantitative estimate of drug-likeness (QED) is 0.869. The van der Waals surface area contributed by atoms with E-state index in [-0.39, 0.29) is 17.2 Å². The van der Waals surface area contributed by atoms with Gasteiger partial charge < -0.3 is 10.2 Å². The van der Waals surface area contributed by atoms with Crippen LogP contribution in [0.25, 0.3) is 0 Å². The van der Waals surface area contributed by atoms with E-state index in [1.54, 1.807) is 6.07 Å². The summed E-state index contributed by atoms with van der Waals surface area (Å²) in [6.07, 6.45) is 3.37. The Morgan fingerprint density at radius 2 is 1.78 bits per heavy atom. The van der Waals surface area contributed by atoms with Gasteiger partial charge >= 0.3 is 0 Å². The molecule has 27 heavy (non-hydrogen) atoms. The molecule has 2 N–H and O–H groups in total. The molecule has 0 saturated carbocycles. The maximum Gasteiger partial charge on any atom is 0.272 e. The van der Waals surface area contributed by atoms with Gasteiger partial charge in [0.05, 0.1) is 0 Å². The van der Waals surface area contributed by atoms with Crippen molar-refractivity contribution in [3.05, 3.63) is 52.8 Å². The maximum absolute atomic E-state index is 12.5. The second-order valence-electron chi connectivity index (χ2n) is 8.15. The number of amides is 2. The van der Waals surface area contributed by atoms with Gasteiger partial charge in [0.15, 0.2) is 0 Å². The van der Waals surface area contributed by atoms with Crippen LogP contribution in [0.4, 0.5) is 0 Å². The Bertz CT molecular complexity index is 796. The van der Waals surface area contributed by atoms with Crippen molar-refractivity contribution in [2.75, 3.05) is 13.1 Å². The van der Waals surface area contributed by atoms with E-state index in [2.05, 4.69) is 36.3 Å². The molecule has 0 bridgehead atoms. The molecule has 6 nitrogen and oxygen atoms in total. The molecule has 1 aliphatic rings. The number of rotatable bonds is 4. The number of likely N-dealkylation sites (tertiary alicyclic amines) is 1. The van der Waals surface area contributed by atoms with E-state index in [9.17, 15) is 9.59 Å². The van der Waals surface area contributed by atoms with Gasteiger partial charge in [-0.25, -0.2) is 0 Å². The second-order valence-corrected chi connectivity index (χ2v) is 8.15. The Hall–Kier alpha value is -2.63. The summed E-state index contributed by atoms with van der Waals surface area (Å²) < 4.78 is 0. The first kappa shape index (κ1) is 19.1. The number of benzene rings is 1. The first-order chi connectivity index (χ1) is 12.8. The molecular formula is C21H28N4O2. The van der Waals surface area contributed by atoms with Gasteiger partial charge in [0, 0.05) is 36.3 Å². The number of nitrogens with zero attached hydrogens (tertiary/aromatic N) is 2. The van der Waals surface area contributed by atoms with Gasteiger partial charge in [-0.1, -0.05) is 32.9 Å². The van der Waals surface area contributed by atoms with Crippen LogP contribution in [0.2, 0.25) is 0 Å². The lowest BCUT2D eigenvalue weighted by atomic mass is 9.92. The minimum absolute atomic E-state index is 0.0811. The van der Waals surface area contributed by atoms with Crippen LogP contribution in [-0.2, 0) is 12.0 Å². The molecule has 1 aromatic carbocycles. The summed E-state index contributed by atoms with van der Waals surface area (Å²) in [6.45, 7) is 8.28. The number of carbonyl (C=O) groups excluding carboxylic acids is 2. The molecule has 1 fully saturated rings. The van der Waals surface area contributed by atoms with Gasteiger partial charge in [-0.2, -0.15) is 5.10 Å². The summed E-state index contributed by atoms with van der Waals surface area (Å²) in [6, 6.07) is 9.25. The number of aromatic amines is 1. The molecule has 1 aromatic heterocycles. The molecule has 2 aromatic rings. The molecule has 2 heterocycles. The van der Waals surface area contributed by atoms with Crippen LogP contribution in [-0.4, -0.2) is 40.0 Å². The summed E-state index contributed by atoms with van der Waals surface area (Å²) in [5.74, 6) is -0.119. The van der Waals surface area contributed by atoms with Crippen molar-refractivity contribution in [1.29, 1.82) is 0 Å². The second kappa shape index (κ2) is 7.94. The van der Waals surface area contributed by atoms with Crippen LogP contribution in [0, 0.1) is 0 Å². The molecular weight excluding hydrogens is 340 g/mol. The van der Waals surface area contributed by atoms with Crippen LogP contribution >= 0.6 is 0 Å². The zero-order valence-corrected chi connectivity index (χ0v) is 16.3. The van der Waals surface area contributed by atoms with Gasteiger partial charge in [-0.3, -0.25) is 14.7 Å². The largest absolute Gasteiger partial charge is 0.347 e. The van der Waals surface area contributed by atoms with Crippen LogP contribution < -0.4 is 5.32 Å². The van der Waals surface area contributed by atoms with Crippen LogP contribution in [0.15, 0.2) is 30.3 Å². The minimum atomic E-state index is -0.213. The molecule has 3 rings (SSSR count). The Morgan fingerprint density at radius 3 is 2.37 bits per heavy atom. The Kier molecular flexibility index (Phi) is 5.63. The minimum Gasteiger partial charge on any atom is -0.347 e. The SMILES string of the molecule is CC(C)(C)c1cc(C(=O)NCc2ccc(C(=O)N3CCCCC3)cc2)n[nH]1. The monoisotopic (exact) mass is 368 g/mol. The first-order valence-electron chi connectivity index (χ1n) is 9.57. The van der Waals surface area contributed by atoms with E-state index in [0.717, 1.165) is 37.2 Å². The van der Waals surface area contributed by atoms with Crippen molar-refractivity contribution < 1.29 is 9.59 Å². The zero-order chi connectivity index (χ0) is 19.4. The third-order valence-electron chi connectivity index (χ3n) is 4.92. The molecule has 144 valence electrons. The highest BCUT2D eigenvalue weighted by Crippen LogP contribution is 2.20. The predicted molar refractivity (Wildman–Crippen MR) is 105 cm³/mol. The molecule has 0 atom stereocenters. The van der Waals surface area contributed by atoms with Crippen LogP contribution in [0.5, 0.6) is 0 Å². The number of aromatic nitrogens is 2. The zero-order valence-electron chi connectivity index (χ0n) is 16.3. The molecule has 0 spiro atoms. The predicted octanol–water partition coefficient (Wildman–Crippen LogP) is 3.26. The van der Waals surface area contributed by atoms with E-state index in [1.165, 1.54) is 6.42 Å². The average Bonchev–Trinajstić information content (AvgIpc) is 3.17. The van der Waals surface area contributed by atoms with Gasteiger partial charge in [0.1, 0.15) is 5.69 Å². The van der Waals surface area contributed by atoms with E-state index in [0.29, 0.717) is 17.8 Å². The van der Waals surface area contributed by atoms with Crippen molar-refractivity contribution in [3.63, 3.8) is 0 Å². The van der Waals surface area contributed by atoms with Crippen molar-refractivity contribution in [3.8, 4) is 0 Å². The number of nitrogens with one attached hydrogen (secondary N) is 2. The molecule has 0 unspecified atom stereocenters. The highest BCUT2D eigenvalue weighted by molar-refractivity contribution is 5.94. The maximum atomic E-state index is 12.5. The summed E-state index contributed by atoms with van der Waals surface area (Å²) in [5.41, 5.74) is 2.88. The molecule has 0 aliphatic carbocycles. The third-order valence-corrected chi connectivity index (χ3v) is 4.92. The lowest BCUT2D eigenvalue weighted by molar-refractivity contribution is 0.0724. The number of hydrogen-bond acceptors (Lipinski definition) is 3. The van der Waals surface area contributed by atoms with E-state index >= 15 is 0 Å². The Balaban J connectivity index is 1.56. The van der Waals surface area contributed by atoms with E-state index in [1.807, 2.05) is 29.2 Å². The average molecular weight is 368 g/mol. The number of H-pyrrole nitrogens is 1. The highest BCUT2D eigenvalue weighted by Gasteiger charge is 2.20. The fourth-order valence-electron chi connectivity index (χ4n) is 3.14. The van der Waals surface area contributed by atoms with Crippen molar-refractivity contribution in [2.24, 2.45) is 0 Å². The standard InChI is InChI=1S/C21H28N4O2/c1-21(2,3)18-13-17(23-24-18)19(26)22-14-15-7-9-16(10-8-15)20(27)25-11-5-4-6-12-25/h7-10,13H,4-6,11-12,14H2,1-3H3,(H,22,26)(H,23,24). The van der Waals surface area contributed by atoms with Crippen molar-refractivity contribution in [1.82, 2.24) is 20.4 Å². The van der Waals surface area contributed by atoms with Gasteiger partial charge in [-0.15, -0.1) is 0 Å². The molecule has 6 heteroatoms. The summed E-state index contributed by atoms with van der Waals surface area (Å²) >= 11 is 0. The normalized spacial score (nSPS) is 14.9. The molecule has 0 radical (unpaired) electrons. The van der Waals surface area contributed by atoms with Crippen molar-refractivity contribution in [2.45, 2.75) is 52.0 Å². The van der Waals surface area contributed by atoms with Gasteiger partial charge in [-0.05, 0) is 43.0 Å². The fourth-order valence-corrected chi connectivity index (χ4v) is 3.14. The van der Waals surface area contributed by atoms with Crippen LogP contribution in [0.1, 0.15) is 72.1 Å². The number of carbonyl (C=O) groups is 2. The molecule has 1 aliphatic heterocycles. The Labute approximate surface area is 160 Å². The van der Waals surface area contributed by atoms with Crippen molar-refractivity contribution >= 4 is 11.8 Å². The summed E-state index contributed by atoms with van der Waals surface area (Å²) in [4.78, 5) is 26.7. The lowest BCUT2D eigenvalue weighted by Gasteiger charge is -2.26. The number of piperidine rings is 1. The summed E-state index contributed by atoms with van der Waals surface area (Å²) in [7, 11) is 0. The molecule has 1 saturated heterocycles. The smallest absolute Gasteiger partial charge is 0.272 e.